The van der Waals surface area contributed by atoms with E-state index in [1.807, 2.05) is 0 Å². The van der Waals surface area contributed by atoms with Crippen molar-refractivity contribution in [3.63, 3.8) is 0 Å². The molecule has 1 aromatic rings. The van der Waals surface area contributed by atoms with Gasteiger partial charge in [0.2, 0.25) is 5.91 Å². The Labute approximate surface area is 82.4 Å². The summed E-state index contributed by atoms with van der Waals surface area (Å²) in [4.78, 5) is 10.9. The summed E-state index contributed by atoms with van der Waals surface area (Å²) in [6.07, 6.45) is 0. The topological polar surface area (TPSA) is 60.8 Å². The number of hydroxylamine groups is 1. The van der Waals surface area contributed by atoms with Crippen LogP contribution < -0.4 is 5.06 Å². The van der Waals surface area contributed by atoms with Gasteiger partial charge in [-0.05, 0) is 37.1 Å². The molecule has 4 heteroatoms. The molecule has 0 unspecified atom stereocenters. The number of phenolic OH excluding ortho intramolecular Hbond substituents is 1. The highest BCUT2D eigenvalue weighted by molar-refractivity contribution is 5.89. The highest BCUT2D eigenvalue weighted by Gasteiger charge is 2.11. The molecule has 2 N–H and O–H groups in total. The summed E-state index contributed by atoms with van der Waals surface area (Å²) < 4.78 is 0. The number of aryl methyl sites for hydroxylation is 2. The van der Waals surface area contributed by atoms with E-state index < -0.39 is 5.91 Å². The second-order valence-electron chi connectivity index (χ2n) is 3.26. The lowest BCUT2D eigenvalue weighted by molar-refractivity contribution is -0.121. The van der Waals surface area contributed by atoms with Crippen LogP contribution in [0.5, 0.6) is 5.75 Å². The van der Waals surface area contributed by atoms with Crippen molar-refractivity contribution in [3.8, 4) is 5.75 Å². The van der Waals surface area contributed by atoms with Gasteiger partial charge in [0.05, 0.1) is 5.69 Å². The molecule has 1 amide bonds. The van der Waals surface area contributed by atoms with Gasteiger partial charge in [-0.15, -0.1) is 0 Å². The van der Waals surface area contributed by atoms with Crippen LogP contribution in [-0.4, -0.2) is 16.2 Å². The van der Waals surface area contributed by atoms with Gasteiger partial charge in [0.25, 0.3) is 0 Å². The monoisotopic (exact) mass is 195 g/mol. The minimum Gasteiger partial charge on any atom is -0.507 e. The third-order valence-corrected chi connectivity index (χ3v) is 2.02. The van der Waals surface area contributed by atoms with Gasteiger partial charge < -0.3 is 5.11 Å². The fourth-order valence-corrected chi connectivity index (χ4v) is 1.24. The number of hydrogen-bond acceptors (Lipinski definition) is 3. The van der Waals surface area contributed by atoms with Crippen LogP contribution in [0.25, 0.3) is 0 Å². The average molecular weight is 195 g/mol. The van der Waals surface area contributed by atoms with Gasteiger partial charge in [-0.3, -0.25) is 10.0 Å². The lowest BCUT2D eigenvalue weighted by Crippen LogP contribution is -2.23. The van der Waals surface area contributed by atoms with Crippen molar-refractivity contribution in [1.29, 1.82) is 0 Å². The third kappa shape index (κ3) is 1.85. The van der Waals surface area contributed by atoms with Crippen LogP contribution >= 0.6 is 0 Å². The van der Waals surface area contributed by atoms with Crippen molar-refractivity contribution in [2.75, 3.05) is 5.06 Å². The number of hydrogen-bond donors (Lipinski definition) is 2. The van der Waals surface area contributed by atoms with Crippen LogP contribution in [0.2, 0.25) is 0 Å². The predicted molar refractivity (Wildman–Crippen MR) is 52.5 cm³/mol. The number of carbonyl (C=O) groups excluding carboxylic acids is 1. The van der Waals surface area contributed by atoms with Crippen molar-refractivity contribution in [2.24, 2.45) is 0 Å². The molecule has 0 saturated carbocycles. The number of anilines is 1. The number of carbonyl (C=O) groups is 1. The van der Waals surface area contributed by atoms with Crippen molar-refractivity contribution in [2.45, 2.75) is 20.8 Å². The molecule has 0 saturated heterocycles. The third-order valence-electron chi connectivity index (χ3n) is 2.02. The van der Waals surface area contributed by atoms with E-state index in [-0.39, 0.29) is 5.75 Å². The summed E-state index contributed by atoms with van der Waals surface area (Å²) in [6.45, 7) is 4.68. The quantitative estimate of drug-likeness (QED) is 0.530. The van der Waals surface area contributed by atoms with Gasteiger partial charge in [0.1, 0.15) is 5.75 Å². The molecule has 0 aliphatic heterocycles. The summed E-state index contributed by atoms with van der Waals surface area (Å²) in [6, 6.07) is 3.09. The number of benzene rings is 1. The molecule has 0 heterocycles. The summed E-state index contributed by atoms with van der Waals surface area (Å²) in [5.41, 5.74) is 1.62. The van der Waals surface area contributed by atoms with Gasteiger partial charge >= 0.3 is 0 Å². The smallest absolute Gasteiger partial charge is 0.247 e. The van der Waals surface area contributed by atoms with E-state index in [4.69, 9.17) is 0 Å². The fraction of sp³-hybridized carbons (Fsp3) is 0.300. The zero-order valence-electron chi connectivity index (χ0n) is 8.40. The first-order valence-electron chi connectivity index (χ1n) is 4.23. The Morgan fingerprint density at radius 3 is 2.07 bits per heavy atom. The number of amides is 1. The van der Waals surface area contributed by atoms with Crippen LogP contribution in [0.15, 0.2) is 12.1 Å². The Morgan fingerprint density at radius 1 is 1.29 bits per heavy atom. The van der Waals surface area contributed by atoms with E-state index >= 15 is 0 Å². The molecule has 0 radical (unpaired) electrons. The fourth-order valence-electron chi connectivity index (χ4n) is 1.24. The summed E-state index contributed by atoms with van der Waals surface area (Å²) in [5, 5.41) is 19.4. The number of phenols is 1. The lowest BCUT2D eigenvalue weighted by atomic mass is 10.1. The average Bonchev–Trinajstić information content (AvgIpc) is 2.12. The van der Waals surface area contributed by atoms with Crippen LogP contribution in [0.4, 0.5) is 5.69 Å². The predicted octanol–water partition coefficient (Wildman–Crippen LogP) is 1.75. The number of aromatic hydroxyl groups is 1. The van der Waals surface area contributed by atoms with Crippen LogP contribution in [0.1, 0.15) is 18.1 Å². The van der Waals surface area contributed by atoms with E-state index in [2.05, 4.69) is 0 Å². The summed E-state index contributed by atoms with van der Waals surface area (Å²) in [7, 11) is 0. The molecule has 0 atom stereocenters. The second-order valence-corrected chi connectivity index (χ2v) is 3.26. The maximum Gasteiger partial charge on any atom is 0.247 e. The molecular weight excluding hydrogens is 182 g/mol. The molecule has 0 aliphatic carbocycles. The summed E-state index contributed by atoms with van der Waals surface area (Å²) in [5.74, 6) is -0.278. The first-order valence-corrected chi connectivity index (χ1v) is 4.23. The Morgan fingerprint density at radius 2 is 1.71 bits per heavy atom. The molecule has 1 rings (SSSR count). The van der Waals surface area contributed by atoms with Gasteiger partial charge in [-0.25, -0.2) is 0 Å². The maximum atomic E-state index is 10.9. The van der Waals surface area contributed by atoms with Crippen LogP contribution in [0.3, 0.4) is 0 Å². The van der Waals surface area contributed by atoms with Gasteiger partial charge in [0.15, 0.2) is 0 Å². The van der Waals surface area contributed by atoms with Crippen molar-refractivity contribution < 1.29 is 15.1 Å². The standard InChI is InChI=1S/C10H13NO3/c1-6-4-9(11(14)8(3)12)5-7(2)10(6)13/h4-5,13-14H,1-3H3. The molecule has 0 fully saturated rings. The molecule has 4 nitrogen and oxygen atoms in total. The Bertz CT molecular complexity index is 351. The Kier molecular flexibility index (Phi) is 2.76. The molecule has 14 heavy (non-hydrogen) atoms. The van der Waals surface area contributed by atoms with Gasteiger partial charge in [-0.1, -0.05) is 0 Å². The minimum atomic E-state index is -0.463. The zero-order valence-corrected chi connectivity index (χ0v) is 8.40. The highest BCUT2D eigenvalue weighted by atomic mass is 16.5. The van der Waals surface area contributed by atoms with Crippen LogP contribution in [0, 0.1) is 13.8 Å². The van der Waals surface area contributed by atoms with Crippen molar-refractivity contribution in [3.05, 3.63) is 23.3 Å². The number of nitrogens with zero attached hydrogens (tertiary/aromatic N) is 1. The maximum absolute atomic E-state index is 10.9. The molecule has 0 aromatic heterocycles. The van der Waals surface area contributed by atoms with Gasteiger partial charge in [0, 0.05) is 6.92 Å². The largest absolute Gasteiger partial charge is 0.507 e. The lowest BCUT2D eigenvalue weighted by Gasteiger charge is -2.14. The Hall–Kier alpha value is -1.55. The van der Waals surface area contributed by atoms with E-state index in [1.165, 1.54) is 6.92 Å². The molecule has 0 bridgehead atoms. The first kappa shape index (κ1) is 10.5. The van der Waals surface area contributed by atoms with E-state index in [0.29, 0.717) is 21.9 Å². The number of rotatable bonds is 1. The zero-order chi connectivity index (χ0) is 10.9. The van der Waals surface area contributed by atoms with E-state index in [9.17, 15) is 15.1 Å². The van der Waals surface area contributed by atoms with Crippen LogP contribution in [-0.2, 0) is 4.79 Å². The molecule has 1 aromatic carbocycles. The normalized spacial score (nSPS) is 10.0. The van der Waals surface area contributed by atoms with Gasteiger partial charge in [-0.2, -0.15) is 5.06 Å². The first-order chi connectivity index (χ1) is 6.43. The minimum absolute atomic E-state index is 0.186. The van der Waals surface area contributed by atoms with Crippen molar-refractivity contribution >= 4 is 11.6 Å². The second kappa shape index (κ2) is 3.67. The van der Waals surface area contributed by atoms with E-state index in [1.54, 1.807) is 26.0 Å². The summed E-state index contributed by atoms with van der Waals surface area (Å²) >= 11 is 0. The SMILES string of the molecule is CC(=O)N(O)c1cc(C)c(O)c(C)c1. The van der Waals surface area contributed by atoms with Crippen molar-refractivity contribution in [1.82, 2.24) is 0 Å². The van der Waals surface area contributed by atoms with E-state index in [0.717, 1.165) is 0 Å². The highest BCUT2D eigenvalue weighted by Crippen LogP contribution is 2.27. The molecule has 76 valence electrons. The molecular formula is C10H13NO3. The molecule has 0 aliphatic rings. The Balaban J connectivity index is 3.19. The molecule has 0 spiro atoms.